The predicted octanol–water partition coefficient (Wildman–Crippen LogP) is 4.91. The lowest BCUT2D eigenvalue weighted by Crippen LogP contribution is -2.39. The van der Waals surface area contributed by atoms with Crippen LogP contribution in [0.25, 0.3) is 0 Å². The minimum absolute atomic E-state index is 0.0448. The zero-order valence-corrected chi connectivity index (χ0v) is 20.9. The van der Waals surface area contributed by atoms with Gasteiger partial charge in [0.15, 0.2) is 17.2 Å². The molecular weight excluding hydrogens is 462 g/mol. The highest BCUT2D eigenvalue weighted by atomic mass is 35.5. The van der Waals surface area contributed by atoms with Gasteiger partial charge in [-0.05, 0) is 31.0 Å². The van der Waals surface area contributed by atoms with Crippen molar-refractivity contribution in [1.82, 2.24) is 4.98 Å². The fourth-order valence-electron chi connectivity index (χ4n) is 3.34. The molecule has 184 valence electrons. The minimum atomic E-state index is -0.773. The van der Waals surface area contributed by atoms with Crippen molar-refractivity contribution in [2.45, 2.75) is 53.2 Å². The smallest absolute Gasteiger partial charge is 0.309 e. The van der Waals surface area contributed by atoms with Crippen LogP contribution >= 0.6 is 11.6 Å². The molecule has 0 spiro atoms. The maximum atomic E-state index is 12.9. The molecule has 0 fully saturated rings. The van der Waals surface area contributed by atoms with Gasteiger partial charge in [0, 0.05) is 30.6 Å². The molecule has 1 aromatic carbocycles. The average Bonchev–Trinajstić information content (AvgIpc) is 2.76. The van der Waals surface area contributed by atoms with Crippen molar-refractivity contribution in [3.63, 3.8) is 0 Å². The zero-order chi connectivity index (χ0) is 25.4. The van der Waals surface area contributed by atoms with E-state index >= 15 is 0 Å². The second-order valence-corrected chi connectivity index (χ2v) is 8.68. The Morgan fingerprint density at radius 1 is 1.09 bits per heavy atom. The molecular formula is C25H30ClNO7. The van der Waals surface area contributed by atoms with Gasteiger partial charge in [-0.25, -0.2) is 4.98 Å². The van der Waals surface area contributed by atoms with E-state index in [-0.39, 0.29) is 29.5 Å². The first-order chi connectivity index (χ1) is 16.0. The van der Waals surface area contributed by atoms with Crippen LogP contribution in [0.4, 0.5) is 0 Å². The van der Waals surface area contributed by atoms with Crippen LogP contribution in [-0.2, 0) is 14.3 Å². The Morgan fingerprint density at radius 3 is 2.38 bits per heavy atom. The Bertz CT molecular complexity index is 1020. The average molecular weight is 492 g/mol. The highest BCUT2D eigenvalue weighted by Crippen LogP contribution is 2.31. The van der Waals surface area contributed by atoms with E-state index in [0.29, 0.717) is 10.8 Å². The van der Waals surface area contributed by atoms with Gasteiger partial charge >= 0.3 is 11.9 Å². The van der Waals surface area contributed by atoms with Gasteiger partial charge in [-0.3, -0.25) is 14.4 Å². The van der Waals surface area contributed by atoms with Gasteiger partial charge in [-0.2, -0.15) is 0 Å². The number of carbonyl (C=O) groups is 3. The van der Waals surface area contributed by atoms with Gasteiger partial charge in [0.1, 0.15) is 18.0 Å². The van der Waals surface area contributed by atoms with Gasteiger partial charge in [0.25, 0.3) is 0 Å². The molecule has 0 saturated carbocycles. The number of ketones is 1. The number of pyridine rings is 1. The number of hydrogen-bond acceptors (Lipinski definition) is 8. The Balaban J connectivity index is 2.10. The predicted molar refractivity (Wildman–Crippen MR) is 126 cm³/mol. The van der Waals surface area contributed by atoms with Crippen LogP contribution in [0.2, 0.25) is 5.02 Å². The molecule has 0 radical (unpaired) electrons. The summed E-state index contributed by atoms with van der Waals surface area (Å²) >= 11 is 6.02. The van der Waals surface area contributed by atoms with Gasteiger partial charge in [0.05, 0.1) is 13.0 Å². The van der Waals surface area contributed by atoms with E-state index < -0.39 is 35.8 Å². The number of ether oxygens (including phenoxy) is 4. The second-order valence-electron chi connectivity index (χ2n) is 8.24. The third kappa shape index (κ3) is 7.45. The molecule has 0 saturated heterocycles. The Morgan fingerprint density at radius 2 is 1.79 bits per heavy atom. The minimum Gasteiger partial charge on any atom is -0.493 e. The highest BCUT2D eigenvalue weighted by Gasteiger charge is 2.31. The van der Waals surface area contributed by atoms with Crippen LogP contribution in [0, 0.1) is 11.8 Å². The number of methoxy groups -OCH3 is 1. The van der Waals surface area contributed by atoms with Crippen LogP contribution in [0.5, 0.6) is 17.2 Å². The van der Waals surface area contributed by atoms with E-state index in [9.17, 15) is 14.4 Å². The molecule has 34 heavy (non-hydrogen) atoms. The fraction of sp³-hybridized carbons (Fsp3) is 0.440. The largest absolute Gasteiger partial charge is 0.493 e. The summed E-state index contributed by atoms with van der Waals surface area (Å²) in [5.74, 6) is -1.80. The number of Topliss-reactive ketones (excluding diaryl/α,β-unsaturated/α-hetero) is 1. The number of esters is 2. The maximum absolute atomic E-state index is 12.9. The summed E-state index contributed by atoms with van der Waals surface area (Å²) < 4.78 is 22.0. The Hall–Kier alpha value is -3.13. The number of benzene rings is 1. The van der Waals surface area contributed by atoms with Gasteiger partial charge in [-0.1, -0.05) is 38.4 Å². The molecule has 0 aliphatic carbocycles. The van der Waals surface area contributed by atoms with Crippen molar-refractivity contribution in [2.75, 3.05) is 7.11 Å². The van der Waals surface area contributed by atoms with Crippen LogP contribution in [0.15, 0.2) is 36.5 Å². The molecule has 0 unspecified atom stereocenters. The highest BCUT2D eigenvalue weighted by molar-refractivity contribution is 6.30. The summed E-state index contributed by atoms with van der Waals surface area (Å²) in [6.07, 6.45) is 0.157. The third-order valence-corrected chi connectivity index (χ3v) is 5.22. The molecule has 0 aliphatic heterocycles. The van der Waals surface area contributed by atoms with Crippen LogP contribution < -0.4 is 14.2 Å². The number of halogens is 1. The third-order valence-electron chi connectivity index (χ3n) is 4.98. The zero-order valence-electron chi connectivity index (χ0n) is 20.2. The van der Waals surface area contributed by atoms with Crippen LogP contribution in [-0.4, -0.2) is 42.0 Å². The van der Waals surface area contributed by atoms with E-state index in [1.54, 1.807) is 38.1 Å². The molecule has 3 atom stereocenters. The summed E-state index contributed by atoms with van der Waals surface area (Å²) in [6, 6.07) is 8.43. The van der Waals surface area contributed by atoms with E-state index in [1.165, 1.54) is 26.3 Å². The van der Waals surface area contributed by atoms with Gasteiger partial charge in [0.2, 0.25) is 5.75 Å². The van der Waals surface area contributed by atoms with Crippen molar-refractivity contribution >= 4 is 29.3 Å². The first kappa shape index (κ1) is 27.1. The molecule has 0 N–H and O–H groups in total. The summed E-state index contributed by atoms with van der Waals surface area (Å²) in [4.78, 5) is 41.3. The first-order valence-corrected chi connectivity index (χ1v) is 11.3. The quantitative estimate of drug-likeness (QED) is 0.322. The normalized spacial score (nSPS) is 13.5. The molecule has 8 nitrogen and oxygen atoms in total. The molecule has 0 bridgehead atoms. The topological polar surface area (TPSA) is 101 Å². The van der Waals surface area contributed by atoms with E-state index in [2.05, 4.69) is 4.98 Å². The van der Waals surface area contributed by atoms with Crippen LogP contribution in [0.1, 0.15) is 51.5 Å². The number of nitrogens with zero attached hydrogens (tertiary/aromatic N) is 1. The van der Waals surface area contributed by atoms with Gasteiger partial charge in [-0.15, -0.1) is 0 Å². The SMILES string of the molecule is COc1ccnc(C(=O)C[C@@H](C)C(=O)O[C@H](C(C)C)[C@H](C)Oc2cccc(Cl)c2)c1OC(C)=O. The van der Waals surface area contributed by atoms with Crippen molar-refractivity contribution in [3.8, 4) is 17.2 Å². The molecule has 0 aliphatic rings. The number of aromatic nitrogens is 1. The molecule has 0 amide bonds. The van der Waals surface area contributed by atoms with Crippen molar-refractivity contribution in [3.05, 3.63) is 47.2 Å². The number of carbonyl (C=O) groups excluding carboxylic acids is 3. The Kier molecular flexibility index (Phi) is 9.86. The monoisotopic (exact) mass is 491 g/mol. The lowest BCUT2D eigenvalue weighted by Gasteiger charge is -2.29. The molecule has 9 heteroatoms. The van der Waals surface area contributed by atoms with Crippen molar-refractivity contribution in [1.29, 1.82) is 0 Å². The molecule has 2 aromatic rings. The summed E-state index contributed by atoms with van der Waals surface area (Å²) in [5.41, 5.74) is -0.0905. The van der Waals surface area contributed by atoms with Gasteiger partial charge < -0.3 is 18.9 Å². The van der Waals surface area contributed by atoms with E-state index in [4.69, 9.17) is 30.5 Å². The van der Waals surface area contributed by atoms with E-state index in [0.717, 1.165) is 0 Å². The summed E-state index contributed by atoms with van der Waals surface area (Å²) in [6.45, 7) is 8.43. The molecule has 1 heterocycles. The number of hydrogen-bond donors (Lipinski definition) is 0. The summed E-state index contributed by atoms with van der Waals surface area (Å²) in [7, 11) is 1.38. The molecule has 2 rings (SSSR count). The lowest BCUT2D eigenvalue weighted by atomic mass is 10.00. The number of rotatable bonds is 11. The fourth-order valence-corrected chi connectivity index (χ4v) is 3.52. The molecule has 1 aromatic heterocycles. The summed E-state index contributed by atoms with van der Waals surface area (Å²) in [5, 5.41) is 0.536. The second kappa shape index (κ2) is 12.4. The standard InChI is InChI=1S/C25H30ClNO7/c1-14(2)23(16(4)32-19-9-7-8-18(26)13-19)34-25(30)15(3)12-20(29)22-24(33-17(5)28)21(31-6)10-11-27-22/h7-11,13-16,23H,12H2,1-6H3/t15-,16+,23-/m1/s1. The van der Waals surface area contributed by atoms with Crippen molar-refractivity contribution in [2.24, 2.45) is 11.8 Å². The Labute approximate surface area is 204 Å². The first-order valence-electron chi connectivity index (χ1n) is 10.9. The van der Waals surface area contributed by atoms with Crippen LogP contribution in [0.3, 0.4) is 0 Å². The van der Waals surface area contributed by atoms with Crippen molar-refractivity contribution < 1.29 is 33.3 Å². The van der Waals surface area contributed by atoms with E-state index in [1.807, 2.05) is 13.8 Å². The lowest BCUT2D eigenvalue weighted by molar-refractivity contribution is -0.161. The maximum Gasteiger partial charge on any atom is 0.309 e.